The van der Waals surface area contributed by atoms with E-state index in [0.29, 0.717) is 12.6 Å². The molecule has 1 unspecified atom stereocenters. The molecule has 1 aliphatic heterocycles. The molecule has 20 heavy (non-hydrogen) atoms. The highest BCUT2D eigenvalue weighted by Gasteiger charge is 2.40. The second-order valence-corrected chi connectivity index (χ2v) is 6.23. The minimum absolute atomic E-state index is 0.225. The van der Waals surface area contributed by atoms with Crippen LogP contribution in [0.3, 0.4) is 0 Å². The van der Waals surface area contributed by atoms with Crippen LogP contribution in [0, 0.1) is 0 Å². The van der Waals surface area contributed by atoms with E-state index in [1.54, 1.807) is 0 Å². The number of nitrogens with zero attached hydrogens (tertiary/aromatic N) is 1. The van der Waals surface area contributed by atoms with E-state index < -0.39 is 0 Å². The minimum atomic E-state index is 0.225. The standard InChI is InChI=1S/C16H26N2O2/c1-2-13-11-18-15(19-13)12-17-10-14-6-9-16(20-14)7-4-3-5-8-16/h11,14,17H,2-10,12H2,1H3. The van der Waals surface area contributed by atoms with Crippen LogP contribution in [-0.4, -0.2) is 23.2 Å². The first-order valence-corrected chi connectivity index (χ1v) is 8.12. The first kappa shape index (κ1) is 14.1. The molecule has 2 fully saturated rings. The smallest absolute Gasteiger partial charge is 0.208 e. The summed E-state index contributed by atoms with van der Waals surface area (Å²) in [4.78, 5) is 4.26. The molecular weight excluding hydrogens is 252 g/mol. The van der Waals surface area contributed by atoms with Crippen molar-refractivity contribution < 1.29 is 9.15 Å². The van der Waals surface area contributed by atoms with Gasteiger partial charge in [0.15, 0.2) is 0 Å². The summed E-state index contributed by atoms with van der Waals surface area (Å²) in [5.41, 5.74) is 0.225. The largest absolute Gasteiger partial charge is 0.444 e. The molecule has 1 spiro atoms. The zero-order valence-electron chi connectivity index (χ0n) is 12.5. The highest BCUT2D eigenvalue weighted by atomic mass is 16.5. The summed E-state index contributed by atoms with van der Waals surface area (Å²) in [6.45, 7) is 3.69. The predicted molar refractivity (Wildman–Crippen MR) is 77.5 cm³/mol. The Balaban J connectivity index is 1.41. The molecule has 0 aromatic carbocycles. The van der Waals surface area contributed by atoms with E-state index >= 15 is 0 Å². The van der Waals surface area contributed by atoms with Gasteiger partial charge in [-0.1, -0.05) is 26.2 Å². The monoisotopic (exact) mass is 278 g/mol. The molecule has 1 aromatic heterocycles. The van der Waals surface area contributed by atoms with E-state index in [2.05, 4.69) is 17.2 Å². The molecule has 1 saturated heterocycles. The van der Waals surface area contributed by atoms with Crippen LogP contribution >= 0.6 is 0 Å². The summed E-state index contributed by atoms with van der Waals surface area (Å²) < 4.78 is 11.9. The van der Waals surface area contributed by atoms with Crippen LogP contribution in [0.4, 0.5) is 0 Å². The van der Waals surface area contributed by atoms with E-state index in [4.69, 9.17) is 9.15 Å². The first-order valence-electron chi connectivity index (χ1n) is 8.12. The van der Waals surface area contributed by atoms with Gasteiger partial charge in [-0.25, -0.2) is 4.98 Å². The maximum absolute atomic E-state index is 6.34. The Bertz CT molecular complexity index is 424. The molecule has 1 aromatic rings. The van der Waals surface area contributed by atoms with Crippen molar-refractivity contribution in [3.05, 3.63) is 17.8 Å². The zero-order valence-corrected chi connectivity index (χ0v) is 12.5. The maximum Gasteiger partial charge on any atom is 0.208 e. The molecule has 0 amide bonds. The molecule has 4 heteroatoms. The number of rotatable bonds is 5. The van der Waals surface area contributed by atoms with Gasteiger partial charge in [0, 0.05) is 13.0 Å². The molecule has 2 heterocycles. The zero-order chi connectivity index (χ0) is 13.8. The number of hydrogen-bond acceptors (Lipinski definition) is 4. The van der Waals surface area contributed by atoms with Crippen molar-refractivity contribution in [3.8, 4) is 0 Å². The second-order valence-electron chi connectivity index (χ2n) is 6.23. The Labute approximate surface area is 121 Å². The molecule has 1 saturated carbocycles. The van der Waals surface area contributed by atoms with Crippen molar-refractivity contribution in [1.82, 2.24) is 10.3 Å². The van der Waals surface area contributed by atoms with Crippen molar-refractivity contribution in [1.29, 1.82) is 0 Å². The molecule has 0 radical (unpaired) electrons. The highest BCUT2D eigenvalue weighted by Crippen LogP contribution is 2.41. The van der Waals surface area contributed by atoms with E-state index in [1.165, 1.54) is 44.9 Å². The third-order valence-electron chi connectivity index (χ3n) is 4.70. The van der Waals surface area contributed by atoms with E-state index in [1.807, 2.05) is 6.20 Å². The summed E-state index contributed by atoms with van der Waals surface area (Å²) in [6.07, 6.45) is 12.1. The van der Waals surface area contributed by atoms with Gasteiger partial charge in [-0.3, -0.25) is 0 Å². The van der Waals surface area contributed by atoms with Gasteiger partial charge in [-0.05, 0) is 25.7 Å². The highest BCUT2D eigenvalue weighted by molar-refractivity contribution is 4.94. The lowest BCUT2D eigenvalue weighted by Gasteiger charge is -2.33. The number of hydrogen-bond donors (Lipinski definition) is 1. The Morgan fingerprint density at radius 1 is 1.30 bits per heavy atom. The lowest BCUT2D eigenvalue weighted by Crippen LogP contribution is -2.34. The third kappa shape index (κ3) is 3.23. The Morgan fingerprint density at radius 2 is 2.15 bits per heavy atom. The van der Waals surface area contributed by atoms with Gasteiger partial charge < -0.3 is 14.5 Å². The van der Waals surface area contributed by atoms with Gasteiger partial charge in [0.05, 0.1) is 24.4 Å². The van der Waals surface area contributed by atoms with Gasteiger partial charge in [0.2, 0.25) is 5.89 Å². The molecule has 1 aliphatic carbocycles. The average Bonchev–Trinajstić information content (AvgIpc) is 3.08. The molecule has 112 valence electrons. The predicted octanol–water partition coefficient (Wildman–Crippen LogP) is 3.21. The van der Waals surface area contributed by atoms with E-state index in [9.17, 15) is 0 Å². The summed E-state index contributed by atoms with van der Waals surface area (Å²) in [5.74, 6) is 1.74. The normalized spacial score (nSPS) is 25.4. The molecule has 2 aliphatic rings. The topological polar surface area (TPSA) is 47.3 Å². The summed E-state index contributed by atoms with van der Waals surface area (Å²) >= 11 is 0. The Morgan fingerprint density at radius 3 is 2.90 bits per heavy atom. The van der Waals surface area contributed by atoms with Gasteiger partial charge in [-0.15, -0.1) is 0 Å². The van der Waals surface area contributed by atoms with Gasteiger partial charge in [-0.2, -0.15) is 0 Å². The van der Waals surface area contributed by atoms with Gasteiger partial charge >= 0.3 is 0 Å². The van der Waals surface area contributed by atoms with Crippen LogP contribution < -0.4 is 5.32 Å². The fourth-order valence-electron chi connectivity index (χ4n) is 3.54. The van der Waals surface area contributed by atoms with Crippen molar-refractivity contribution in [3.63, 3.8) is 0 Å². The second kappa shape index (κ2) is 6.27. The number of aromatic nitrogens is 1. The van der Waals surface area contributed by atoms with Gasteiger partial charge in [0.1, 0.15) is 5.76 Å². The third-order valence-corrected chi connectivity index (χ3v) is 4.70. The molecular formula is C16H26N2O2. The molecule has 3 rings (SSSR count). The summed E-state index contributed by atoms with van der Waals surface area (Å²) in [5, 5.41) is 3.42. The lowest BCUT2D eigenvalue weighted by molar-refractivity contribution is -0.0625. The van der Waals surface area contributed by atoms with E-state index in [-0.39, 0.29) is 5.60 Å². The molecule has 1 atom stereocenters. The van der Waals surface area contributed by atoms with Crippen LogP contribution in [0.1, 0.15) is 63.5 Å². The summed E-state index contributed by atoms with van der Waals surface area (Å²) in [7, 11) is 0. The fraction of sp³-hybridized carbons (Fsp3) is 0.812. The first-order chi connectivity index (χ1) is 9.80. The van der Waals surface area contributed by atoms with Crippen LogP contribution in [0.25, 0.3) is 0 Å². The number of oxazole rings is 1. The van der Waals surface area contributed by atoms with E-state index in [0.717, 1.165) is 24.6 Å². The number of aryl methyl sites for hydroxylation is 1. The van der Waals surface area contributed by atoms with Crippen LogP contribution in [0.5, 0.6) is 0 Å². The van der Waals surface area contributed by atoms with Crippen molar-refractivity contribution in [2.75, 3.05) is 6.54 Å². The number of nitrogens with one attached hydrogen (secondary N) is 1. The van der Waals surface area contributed by atoms with Crippen LogP contribution in [0.15, 0.2) is 10.6 Å². The Hall–Kier alpha value is -0.870. The maximum atomic E-state index is 6.34. The lowest BCUT2D eigenvalue weighted by atomic mass is 9.83. The number of ether oxygens (including phenoxy) is 1. The fourth-order valence-corrected chi connectivity index (χ4v) is 3.54. The SMILES string of the molecule is CCc1cnc(CNCC2CCC3(CCCCC3)O2)o1. The quantitative estimate of drug-likeness (QED) is 0.898. The van der Waals surface area contributed by atoms with Crippen molar-refractivity contribution in [2.24, 2.45) is 0 Å². The van der Waals surface area contributed by atoms with Gasteiger partial charge in [0.25, 0.3) is 0 Å². The molecule has 1 N–H and O–H groups in total. The Kier molecular flexibility index (Phi) is 4.41. The summed E-state index contributed by atoms with van der Waals surface area (Å²) in [6, 6.07) is 0. The minimum Gasteiger partial charge on any atom is -0.444 e. The van der Waals surface area contributed by atoms with Crippen LogP contribution in [-0.2, 0) is 17.7 Å². The molecule has 4 nitrogen and oxygen atoms in total. The van der Waals surface area contributed by atoms with Crippen molar-refractivity contribution in [2.45, 2.75) is 76.5 Å². The van der Waals surface area contributed by atoms with Crippen LogP contribution in [0.2, 0.25) is 0 Å². The molecule has 0 bridgehead atoms. The average molecular weight is 278 g/mol. The van der Waals surface area contributed by atoms with Crippen molar-refractivity contribution >= 4 is 0 Å².